The van der Waals surface area contributed by atoms with Gasteiger partial charge < -0.3 is 23.9 Å². The van der Waals surface area contributed by atoms with Gasteiger partial charge >= 0.3 is 12.1 Å². The predicted octanol–water partition coefficient (Wildman–Crippen LogP) is 5.08. The molecule has 210 valence electrons. The number of cyclic esters (lactones) is 1. The van der Waals surface area contributed by atoms with Crippen LogP contribution in [0.15, 0.2) is 58.2 Å². The molecule has 0 bridgehead atoms. The average Bonchev–Trinajstić information content (AvgIpc) is 3.35. The van der Waals surface area contributed by atoms with E-state index in [9.17, 15) is 19.5 Å². The molecule has 2 aromatic carbocycles. The molecule has 4 heterocycles. The lowest BCUT2D eigenvalue weighted by Crippen LogP contribution is -2.44. The fraction of sp³-hybridized carbons (Fsp3) is 0.290. The van der Waals surface area contributed by atoms with Crippen LogP contribution in [0.25, 0.3) is 22.3 Å². The molecule has 6 rings (SSSR count). The van der Waals surface area contributed by atoms with Gasteiger partial charge in [-0.15, -0.1) is 11.8 Å². The Morgan fingerprint density at radius 1 is 1.12 bits per heavy atom. The van der Waals surface area contributed by atoms with Crippen molar-refractivity contribution in [2.24, 2.45) is 0 Å². The summed E-state index contributed by atoms with van der Waals surface area (Å²) in [6.07, 6.45) is 1.91. The zero-order chi connectivity index (χ0) is 28.9. The topological polar surface area (TPSA) is 117 Å². The standard InChI is InChI=1S/C31H28N2O7S/c1-4-20-21-12-18(40-30(36)39-15-17-6-9-19(41-3)10-7-17)8-11-25(21)32-27-22(20)14-33-26(27)13-24-23(28(33)34)16-38-29(35)31(24,37)5-2/h6-13,37H,4-5,14-16H2,1-3H3/t31-/m1/s1. The average molecular weight is 573 g/mol. The van der Waals surface area contributed by atoms with Crippen LogP contribution in [0, 0.1) is 0 Å². The van der Waals surface area contributed by atoms with Gasteiger partial charge in [-0.2, -0.15) is 0 Å². The van der Waals surface area contributed by atoms with Crippen LogP contribution in [0.2, 0.25) is 0 Å². The molecule has 0 saturated heterocycles. The maximum atomic E-state index is 13.5. The summed E-state index contributed by atoms with van der Waals surface area (Å²) in [5, 5.41) is 11.9. The Morgan fingerprint density at radius 2 is 1.90 bits per heavy atom. The number of rotatable bonds is 6. The fourth-order valence-corrected chi connectivity index (χ4v) is 6.01. The molecule has 0 saturated carbocycles. The van der Waals surface area contributed by atoms with Crippen LogP contribution in [0.5, 0.6) is 5.75 Å². The first-order chi connectivity index (χ1) is 19.8. The van der Waals surface area contributed by atoms with Crippen molar-refractivity contribution in [3.63, 3.8) is 0 Å². The van der Waals surface area contributed by atoms with Crippen LogP contribution in [-0.4, -0.2) is 33.0 Å². The van der Waals surface area contributed by atoms with Crippen molar-refractivity contribution in [3.05, 3.63) is 86.7 Å². The van der Waals surface area contributed by atoms with Crippen molar-refractivity contribution in [3.8, 4) is 17.1 Å². The number of benzene rings is 2. The van der Waals surface area contributed by atoms with Gasteiger partial charge in [-0.3, -0.25) is 4.79 Å². The number of ether oxygens (including phenoxy) is 3. The van der Waals surface area contributed by atoms with Crippen LogP contribution >= 0.6 is 11.8 Å². The molecule has 2 aliphatic rings. The number of carbonyl (C=O) groups excluding carboxylic acids is 2. The number of aryl methyl sites for hydroxylation is 1. The number of nitrogens with zero attached hydrogens (tertiary/aromatic N) is 2. The lowest BCUT2D eigenvalue weighted by Gasteiger charge is -2.31. The van der Waals surface area contributed by atoms with E-state index in [2.05, 4.69) is 0 Å². The minimum absolute atomic E-state index is 0.0788. The van der Waals surface area contributed by atoms with E-state index < -0.39 is 17.7 Å². The summed E-state index contributed by atoms with van der Waals surface area (Å²) in [4.78, 5) is 44.4. The van der Waals surface area contributed by atoms with Gasteiger partial charge in [-0.05, 0) is 66.6 Å². The lowest BCUT2D eigenvalue weighted by atomic mass is 9.86. The monoisotopic (exact) mass is 572 g/mol. The van der Waals surface area contributed by atoms with Gasteiger partial charge in [0.15, 0.2) is 5.60 Å². The van der Waals surface area contributed by atoms with Gasteiger partial charge in [0.2, 0.25) is 0 Å². The largest absolute Gasteiger partial charge is 0.514 e. The number of aliphatic hydroxyl groups is 1. The second-order valence-corrected chi connectivity index (χ2v) is 10.9. The van der Waals surface area contributed by atoms with Crippen molar-refractivity contribution < 1.29 is 28.9 Å². The molecular formula is C31H28N2O7S. The Hall–Kier alpha value is -4.15. The summed E-state index contributed by atoms with van der Waals surface area (Å²) in [5.41, 5.74) is 2.92. The van der Waals surface area contributed by atoms with Gasteiger partial charge in [0.25, 0.3) is 5.56 Å². The zero-order valence-corrected chi connectivity index (χ0v) is 23.7. The van der Waals surface area contributed by atoms with Crippen molar-refractivity contribution in [1.29, 1.82) is 0 Å². The summed E-state index contributed by atoms with van der Waals surface area (Å²) in [6, 6.07) is 14.6. The molecule has 9 nitrogen and oxygen atoms in total. The molecule has 0 radical (unpaired) electrons. The highest BCUT2D eigenvalue weighted by Gasteiger charge is 2.45. The van der Waals surface area contributed by atoms with Crippen molar-refractivity contribution in [2.75, 3.05) is 6.26 Å². The third-order valence-electron chi connectivity index (χ3n) is 7.85. The van der Waals surface area contributed by atoms with E-state index in [-0.39, 0.29) is 36.3 Å². The second kappa shape index (κ2) is 10.4. The van der Waals surface area contributed by atoms with Gasteiger partial charge in [0.1, 0.15) is 19.0 Å². The number of aromatic nitrogens is 2. The number of thioether (sulfide) groups is 1. The van der Waals surface area contributed by atoms with E-state index in [1.807, 2.05) is 37.4 Å². The summed E-state index contributed by atoms with van der Waals surface area (Å²) >= 11 is 1.64. The summed E-state index contributed by atoms with van der Waals surface area (Å²) in [5.74, 6) is -0.432. The molecule has 41 heavy (non-hydrogen) atoms. The van der Waals surface area contributed by atoms with Gasteiger partial charge in [-0.1, -0.05) is 26.0 Å². The SMILES string of the molecule is CCc1c2c(nc3ccc(OC(=O)OCc4ccc(SC)cc4)cc13)-c1cc3c(c(=O)n1C2)COC(=O)[C@@]3(O)CC. The molecule has 2 aliphatic heterocycles. The Bertz CT molecular complexity index is 1780. The number of fused-ring (bicyclic) bond motifs is 5. The molecule has 0 amide bonds. The summed E-state index contributed by atoms with van der Waals surface area (Å²) in [7, 11) is 0. The first-order valence-corrected chi connectivity index (χ1v) is 14.6. The molecule has 4 aromatic rings. The molecule has 0 aliphatic carbocycles. The van der Waals surface area contributed by atoms with Crippen LogP contribution < -0.4 is 10.3 Å². The number of hydrogen-bond donors (Lipinski definition) is 1. The third-order valence-corrected chi connectivity index (χ3v) is 8.59. The maximum Gasteiger partial charge on any atom is 0.514 e. The number of pyridine rings is 2. The minimum atomic E-state index is -1.88. The zero-order valence-electron chi connectivity index (χ0n) is 22.9. The molecule has 1 N–H and O–H groups in total. The molecule has 2 aromatic heterocycles. The van der Waals surface area contributed by atoms with Crippen LogP contribution in [0.3, 0.4) is 0 Å². The Labute approximate surface area is 240 Å². The first-order valence-electron chi connectivity index (χ1n) is 13.4. The van der Waals surface area contributed by atoms with E-state index >= 15 is 0 Å². The van der Waals surface area contributed by atoms with E-state index in [1.165, 1.54) is 0 Å². The highest BCUT2D eigenvalue weighted by molar-refractivity contribution is 7.98. The number of esters is 1. The summed E-state index contributed by atoms with van der Waals surface area (Å²) < 4.78 is 17.6. The van der Waals surface area contributed by atoms with Crippen LogP contribution in [-0.2, 0) is 46.0 Å². The molecular weight excluding hydrogens is 544 g/mol. The van der Waals surface area contributed by atoms with Crippen molar-refractivity contribution in [2.45, 2.75) is 56.9 Å². The highest BCUT2D eigenvalue weighted by Crippen LogP contribution is 2.40. The third kappa shape index (κ3) is 4.47. The molecule has 0 unspecified atom stereocenters. The van der Waals surface area contributed by atoms with Crippen LogP contribution in [0.1, 0.15) is 48.1 Å². The quantitative estimate of drug-likeness (QED) is 0.169. The second-order valence-electron chi connectivity index (χ2n) is 10.0. The van der Waals surface area contributed by atoms with Crippen LogP contribution in [0.4, 0.5) is 4.79 Å². The van der Waals surface area contributed by atoms with E-state index in [0.717, 1.165) is 27.0 Å². The predicted molar refractivity (Wildman–Crippen MR) is 153 cm³/mol. The maximum absolute atomic E-state index is 13.5. The Morgan fingerprint density at radius 3 is 2.61 bits per heavy atom. The van der Waals surface area contributed by atoms with Gasteiger partial charge in [0.05, 0.1) is 29.0 Å². The summed E-state index contributed by atoms with van der Waals surface area (Å²) in [6.45, 7) is 3.90. The first kappa shape index (κ1) is 27.0. The Kier molecular flexibility index (Phi) is 6.83. The number of carbonyl (C=O) groups is 2. The fourth-order valence-electron chi connectivity index (χ4n) is 5.60. The van der Waals surface area contributed by atoms with E-state index in [1.54, 1.807) is 47.5 Å². The minimum Gasteiger partial charge on any atom is -0.458 e. The normalized spacial score (nSPS) is 17.0. The van der Waals surface area contributed by atoms with Gasteiger partial charge in [-0.25, -0.2) is 14.6 Å². The highest BCUT2D eigenvalue weighted by atomic mass is 32.2. The molecule has 10 heteroatoms. The molecule has 0 spiro atoms. The van der Waals surface area contributed by atoms with Crippen molar-refractivity contribution in [1.82, 2.24) is 9.55 Å². The Balaban J connectivity index is 1.32. The smallest absolute Gasteiger partial charge is 0.458 e. The van der Waals surface area contributed by atoms with Gasteiger partial charge in [0, 0.05) is 21.4 Å². The molecule has 1 atom stereocenters. The van der Waals surface area contributed by atoms with Crippen molar-refractivity contribution >= 4 is 34.8 Å². The van der Waals surface area contributed by atoms with E-state index in [4.69, 9.17) is 19.2 Å². The molecule has 0 fully saturated rings. The number of hydrogen-bond acceptors (Lipinski definition) is 9. The van der Waals surface area contributed by atoms with E-state index in [0.29, 0.717) is 35.6 Å². The lowest BCUT2D eigenvalue weighted by molar-refractivity contribution is -0.172.